The van der Waals surface area contributed by atoms with Crippen LogP contribution in [-0.2, 0) is 9.47 Å². The molecule has 0 radical (unpaired) electrons. The molecule has 0 fully saturated rings. The molecule has 0 heterocycles. The Morgan fingerprint density at radius 1 is 1.20 bits per heavy atom. The average Bonchev–Trinajstić information content (AvgIpc) is 2.43. The molecule has 1 N–H and O–H groups in total. The van der Waals surface area contributed by atoms with Gasteiger partial charge in [0.25, 0.3) is 0 Å². The van der Waals surface area contributed by atoms with Gasteiger partial charge in [-0.3, -0.25) is 0 Å². The summed E-state index contributed by atoms with van der Waals surface area (Å²) in [5.41, 5.74) is 3.98. The molecule has 0 aliphatic heterocycles. The van der Waals surface area contributed by atoms with Crippen molar-refractivity contribution >= 4 is 0 Å². The van der Waals surface area contributed by atoms with E-state index < -0.39 is 0 Å². The van der Waals surface area contributed by atoms with Crippen LogP contribution in [0.1, 0.15) is 42.5 Å². The van der Waals surface area contributed by atoms with Gasteiger partial charge < -0.3 is 14.8 Å². The van der Waals surface area contributed by atoms with Crippen molar-refractivity contribution in [2.75, 3.05) is 33.5 Å². The summed E-state index contributed by atoms with van der Waals surface area (Å²) in [6.07, 6.45) is 2.08. The quantitative estimate of drug-likeness (QED) is 0.666. The van der Waals surface area contributed by atoms with Gasteiger partial charge in [0.15, 0.2) is 0 Å². The molecule has 0 aliphatic carbocycles. The van der Waals surface area contributed by atoms with Gasteiger partial charge in [-0.1, -0.05) is 30.7 Å². The summed E-state index contributed by atoms with van der Waals surface area (Å²) < 4.78 is 10.8. The minimum atomic E-state index is 0.276. The molecule has 1 atom stereocenters. The number of methoxy groups -OCH3 is 1. The van der Waals surface area contributed by atoms with E-state index in [-0.39, 0.29) is 6.04 Å². The molecule has 0 spiro atoms. The summed E-state index contributed by atoms with van der Waals surface area (Å²) in [5, 5.41) is 3.58. The van der Waals surface area contributed by atoms with Crippen molar-refractivity contribution in [3.8, 4) is 0 Å². The van der Waals surface area contributed by atoms with E-state index in [1.807, 2.05) is 0 Å². The van der Waals surface area contributed by atoms with Crippen molar-refractivity contribution in [1.29, 1.82) is 0 Å². The van der Waals surface area contributed by atoms with E-state index in [4.69, 9.17) is 9.47 Å². The molecule has 3 nitrogen and oxygen atoms in total. The van der Waals surface area contributed by atoms with Gasteiger partial charge >= 0.3 is 0 Å². The minimum absolute atomic E-state index is 0.276. The van der Waals surface area contributed by atoms with E-state index in [1.54, 1.807) is 7.11 Å². The van der Waals surface area contributed by atoms with Crippen LogP contribution in [0.2, 0.25) is 0 Å². The Balaban J connectivity index is 2.58. The lowest BCUT2D eigenvalue weighted by molar-refractivity contribution is 0.0873. The number of benzene rings is 1. The molecule has 20 heavy (non-hydrogen) atoms. The summed E-state index contributed by atoms with van der Waals surface area (Å²) in [6, 6.07) is 6.91. The summed E-state index contributed by atoms with van der Waals surface area (Å²) in [7, 11) is 1.72. The number of nitrogens with one attached hydrogen (secondary N) is 1. The Hall–Kier alpha value is -0.900. The SMILES string of the molecule is CCCNC(COCCCOC)c1ccc(C)cc1C. The molecule has 1 rings (SSSR count). The topological polar surface area (TPSA) is 30.5 Å². The monoisotopic (exact) mass is 279 g/mol. The fraction of sp³-hybridized carbons (Fsp3) is 0.647. The third kappa shape index (κ3) is 6.04. The van der Waals surface area contributed by atoms with Crippen molar-refractivity contribution in [3.63, 3.8) is 0 Å². The first-order valence-electron chi connectivity index (χ1n) is 7.56. The predicted octanol–water partition coefficient (Wildman–Crippen LogP) is 3.40. The van der Waals surface area contributed by atoms with Gasteiger partial charge in [0.2, 0.25) is 0 Å². The van der Waals surface area contributed by atoms with E-state index in [2.05, 4.69) is 44.3 Å². The molecule has 1 aromatic rings. The third-order valence-corrected chi connectivity index (χ3v) is 3.36. The number of hydrogen-bond donors (Lipinski definition) is 1. The van der Waals surface area contributed by atoms with Crippen molar-refractivity contribution in [3.05, 3.63) is 34.9 Å². The molecule has 0 saturated heterocycles. The Morgan fingerprint density at radius 3 is 2.65 bits per heavy atom. The highest BCUT2D eigenvalue weighted by Gasteiger charge is 2.13. The van der Waals surface area contributed by atoms with Crippen LogP contribution in [0.5, 0.6) is 0 Å². The highest BCUT2D eigenvalue weighted by molar-refractivity contribution is 5.32. The average molecular weight is 279 g/mol. The number of hydrogen-bond acceptors (Lipinski definition) is 3. The van der Waals surface area contributed by atoms with Gasteiger partial charge in [0.05, 0.1) is 12.6 Å². The first kappa shape index (κ1) is 17.2. The van der Waals surface area contributed by atoms with Gasteiger partial charge in [0, 0.05) is 20.3 Å². The van der Waals surface area contributed by atoms with Crippen LogP contribution in [-0.4, -0.2) is 33.5 Å². The van der Waals surface area contributed by atoms with Crippen LogP contribution < -0.4 is 5.32 Å². The largest absolute Gasteiger partial charge is 0.385 e. The molecule has 0 aromatic heterocycles. The summed E-state index contributed by atoms with van der Waals surface area (Å²) in [6.45, 7) is 9.73. The molecule has 0 amide bonds. The standard InChI is InChI=1S/C17H29NO2/c1-5-9-18-17(13-20-11-6-10-19-4)16-8-7-14(2)12-15(16)3/h7-8,12,17-18H,5-6,9-11,13H2,1-4H3. The van der Waals surface area contributed by atoms with Crippen LogP contribution in [0.25, 0.3) is 0 Å². The summed E-state index contributed by atoms with van der Waals surface area (Å²) in [4.78, 5) is 0. The number of aryl methyl sites for hydroxylation is 2. The Kier molecular flexibility index (Phi) is 8.51. The summed E-state index contributed by atoms with van der Waals surface area (Å²) >= 11 is 0. The normalized spacial score (nSPS) is 12.6. The zero-order valence-corrected chi connectivity index (χ0v) is 13.4. The van der Waals surface area contributed by atoms with E-state index in [1.165, 1.54) is 16.7 Å². The van der Waals surface area contributed by atoms with Gasteiger partial charge in [-0.15, -0.1) is 0 Å². The van der Waals surface area contributed by atoms with Gasteiger partial charge in [-0.2, -0.15) is 0 Å². The maximum Gasteiger partial charge on any atom is 0.0661 e. The van der Waals surface area contributed by atoms with Gasteiger partial charge in [-0.25, -0.2) is 0 Å². The van der Waals surface area contributed by atoms with Crippen LogP contribution in [0.15, 0.2) is 18.2 Å². The highest BCUT2D eigenvalue weighted by Crippen LogP contribution is 2.19. The molecular weight excluding hydrogens is 250 g/mol. The van der Waals surface area contributed by atoms with Crippen LogP contribution >= 0.6 is 0 Å². The molecule has 0 saturated carbocycles. The predicted molar refractivity (Wildman–Crippen MR) is 84.3 cm³/mol. The fourth-order valence-electron chi connectivity index (χ4n) is 2.30. The fourth-order valence-corrected chi connectivity index (χ4v) is 2.30. The van der Waals surface area contributed by atoms with E-state index in [9.17, 15) is 0 Å². The third-order valence-electron chi connectivity index (χ3n) is 3.36. The van der Waals surface area contributed by atoms with Crippen LogP contribution in [0.4, 0.5) is 0 Å². The number of rotatable bonds is 10. The highest BCUT2D eigenvalue weighted by atomic mass is 16.5. The van der Waals surface area contributed by atoms with E-state index in [0.29, 0.717) is 6.61 Å². The molecule has 114 valence electrons. The first-order chi connectivity index (χ1) is 9.69. The minimum Gasteiger partial charge on any atom is -0.385 e. The van der Waals surface area contributed by atoms with Crippen molar-refractivity contribution in [2.45, 2.75) is 39.7 Å². The zero-order chi connectivity index (χ0) is 14.8. The summed E-state index contributed by atoms with van der Waals surface area (Å²) in [5.74, 6) is 0. The van der Waals surface area contributed by atoms with E-state index >= 15 is 0 Å². The molecule has 1 unspecified atom stereocenters. The smallest absolute Gasteiger partial charge is 0.0661 e. The molecule has 1 aromatic carbocycles. The Morgan fingerprint density at radius 2 is 2.00 bits per heavy atom. The van der Waals surface area contributed by atoms with E-state index in [0.717, 1.165) is 32.6 Å². The Bertz CT molecular complexity index is 379. The number of ether oxygens (including phenoxy) is 2. The second kappa shape index (κ2) is 9.92. The van der Waals surface area contributed by atoms with Gasteiger partial charge in [0.1, 0.15) is 0 Å². The van der Waals surface area contributed by atoms with Crippen LogP contribution in [0, 0.1) is 13.8 Å². The lowest BCUT2D eigenvalue weighted by atomic mass is 9.99. The lowest BCUT2D eigenvalue weighted by Crippen LogP contribution is -2.27. The van der Waals surface area contributed by atoms with Crippen LogP contribution in [0.3, 0.4) is 0 Å². The second-order valence-corrected chi connectivity index (χ2v) is 5.29. The maximum absolute atomic E-state index is 5.79. The van der Waals surface area contributed by atoms with Gasteiger partial charge in [-0.05, 0) is 44.4 Å². The van der Waals surface area contributed by atoms with Crippen molar-refractivity contribution in [2.24, 2.45) is 0 Å². The lowest BCUT2D eigenvalue weighted by Gasteiger charge is -2.21. The second-order valence-electron chi connectivity index (χ2n) is 5.29. The van der Waals surface area contributed by atoms with Crippen molar-refractivity contribution < 1.29 is 9.47 Å². The molecule has 0 aliphatic rings. The zero-order valence-electron chi connectivity index (χ0n) is 13.4. The first-order valence-corrected chi connectivity index (χ1v) is 7.56. The molecular formula is C17H29NO2. The van der Waals surface area contributed by atoms with Crippen molar-refractivity contribution in [1.82, 2.24) is 5.32 Å². The Labute approximate surface area is 123 Å². The molecule has 3 heteroatoms. The maximum atomic E-state index is 5.79. The molecule has 0 bridgehead atoms.